The van der Waals surface area contributed by atoms with Crippen LogP contribution in [-0.2, 0) is 0 Å². The molecule has 1 heterocycles. The summed E-state index contributed by atoms with van der Waals surface area (Å²) in [5.74, 6) is 0.287. The van der Waals surface area contributed by atoms with Crippen molar-refractivity contribution in [2.75, 3.05) is 0 Å². The number of hydrogen-bond acceptors (Lipinski definition) is 1. The molecule has 0 fully saturated rings. The van der Waals surface area contributed by atoms with Gasteiger partial charge in [-0.2, -0.15) is 0 Å². The molecule has 0 unspecified atom stereocenters. The third-order valence-corrected chi connectivity index (χ3v) is 2.69. The molecule has 2 rings (SSSR count). The van der Waals surface area contributed by atoms with Crippen LogP contribution >= 0.6 is 11.6 Å². The minimum Gasteiger partial charge on any atom is -0.268 e. The molecular formula is C12H13ClN2O. The molecule has 0 aliphatic carbocycles. The van der Waals surface area contributed by atoms with Crippen molar-refractivity contribution in [1.29, 1.82) is 0 Å². The second kappa shape index (κ2) is 4.18. The summed E-state index contributed by atoms with van der Waals surface area (Å²) in [5, 5.41) is 3.46. The van der Waals surface area contributed by atoms with Crippen LogP contribution < -0.4 is 5.56 Å². The Morgan fingerprint density at radius 2 is 1.88 bits per heavy atom. The molecule has 0 radical (unpaired) electrons. The summed E-state index contributed by atoms with van der Waals surface area (Å²) < 4.78 is 1.79. The molecule has 0 atom stereocenters. The lowest BCUT2D eigenvalue weighted by atomic mass is 10.1. The molecule has 0 spiro atoms. The fraction of sp³-hybridized carbons (Fsp3) is 0.250. The number of halogens is 1. The van der Waals surface area contributed by atoms with E-state index in [0.717, 1.165) is 11.4 Å². The van der Waals surface area contributed by atoms with E-state index in [1.165, 1.54) is 0 Å². The SMILES string of the molecule is CC(C)c1cc(=O)[nH]n1-c1ccc(Cl)cc1. The number of nitrogens with one attached hydrogen (secondary N) is 1. The zero-order valence-corrected chi connectivity index (χ0v) is 9.95. The fourth-order valence-electron chi connectivity index (χ4n) is 1.63. The molecule has 1 aromatic heterocycles. The van der Waals surface area contributed by atoms with Gasteiger partial charge in [-0.25, -0.2) is 0 Å². The first-order valence-electron chi connectivity index (χ1n) is 5.16. The summed E-state index contributed by atoms with van der Waals surface area (Å²) in [7, 11) is 0. The van der Waals surface area contributed by atoms with Gasteiger partial charge in [0.2, 0.25) is 0 Å². The quantitative estimate of drug-likeness (QED) is 0.855. The van der Waals surface area contributed by atoms with E-state index in [9.17, 15) is 4.79 Å². The standard InChI is InChI=1S/C12H13ClN2O/c1-8(2)11-7-12(16)14-15(11)10-5-3-9(13)4-6-10/h3-8H,1-2H3,(H,14,16). The molecule has 0 bridgehead atoms. The van der Waals surface area contributed by atoms with E-state index in [2.05, 4.69) is 18.9 Å². The van der Waals surface area contributed by atoms with Crippen molar-refractivity contribution >= 4 is 11.6 Å². The summed E-state index contributed by atoms with van der Waals surface area (Å²) in [6.07, 6.45) is 0. The van der Waals surface area contributed by atoms with Crippen LogP contribution in [0.15, 0.2) is 35.1 Å². The molecule has 0 aliphatic rings. The largest absolute Gasteiger partial charge is 0.268 e. The Hall–Kier alpha value is -1.48. The van der Waals surface area contributed by atoms with Crippen molar-refractivity contribution < 1.29 is 0 Å². The highest BCUT2D eigenvalue weighted by molar-refractivity contribution is 6.30. The molecule has 3 nitrogen and oxygen atoms in total. The summed E-state index contributed by atoms with van der Waals surface area (Å²) in [6.45, 7) is 4.10. The summed E-state index contributed by atoms with van der Waals surface area (Å²) in [5.41, 5.74) is 1.79. The Kier molecular flexibility index (Phi) is 2.88. The molecule has 0 saturated carbocycles. The Balaban J connectivity index is 2.55. The Bertz CT molecular complexity index is 537. The van der Waals surface area contributed by atoms with Crippen LogP contribution in [0.1, 0.15) is 25.5 Å². The van der Waals surface area contributed by atoms with Gasteiger partial charge in [-0.3, -0.25) is 14.6 Å². The molecule has 0 amide bonds. The molecule has 0 saturated heterocycles. The van der Waals surface area contributed by atoms with Gasteiger partial charge in [0, 0.05) is 16.8 Å². The molecule has 1 aromatic carbocycles. The zero-order valence-electron chi connectivity index (χ0n) is 9.20. The van der Waals surface area contributed by atoms with E-state index in [-0.39, 0.29) is 11.5 Å². The van der Waals surface area contributed by atoms with Crippen molar-refractivity contribution in [1.82, 2.24) is 9.78 Å². The van der Waals surface area contributed by atoms with Gasteiger partial charge in [-0.15, -0.1) is 0 Å². The first kappa shape index (κ1) is 11.0. The third-order valence-electron chi connectivity index (χ3n) is 2.44. The minimum absolute atomic E-state index is 0.0846. The van der Waals surface area contributed by atoms with Crippen molar-refractivity contribution in [2.45, 2.75) is 19.8 Å². The molecule has 16 heavy (non-hydrogen) atoms. The van der Waals surface area contributed by atoms with Gasteiger partial charge >= 0.3 is 0 Å². The first-order valence-corrected chi connectivity index (χ1v) is 5.53. The van der Waals surface area contributed by atoms with Gasteiger partial charge in [0.15, 0.2) is 0 Å². The maximum absolute atomic E-state index is 11.4. The van der Waals surface area contributed by atoms with Crippen LogP contribution in [0, 0.1) is 0 Å². The average Bonchev–Trinajstić information content (AvgIpc) is 2.61. The van der Waals surface area contributed by atoms with Crippen LogP contribution in [0.2, 0.25) is 5.02 Å². The number of aromatic amines is 1. The lowest BCUT2D eigenvalue weighted by molar-refractivity contribution is 0.731. The van der Waals surface area contributed by atoms with E-state index < -0.39 is 0 Å². The highest BCUT2D eigenvalue weighted by atomic mass is 35.5. The van der Waals surface area contributed by atoms with Crippen LogP contribution in [0.25, 0.3) is 5.69 Å². The summed E-state index contributed by atoms with van der Waals surface area (Å²) in [4.78, 5) is 11.4. The summed E-state index contributed by atoms with van der Waals surface area (Å²) in [6, 6.07) is 8.99. The first-order chi connectivity index (χ1) is 7.58. The van der Waals surface area contributed by atoms with Crippen molar-refractivity contribution in [3.8, 4) is 5.69 Å². The molecule has 0 aliphatic heterocycles. The highest BCUT2D eigenvalue weighted by Crippen LogP contribution is 2.18. The van der Waals surface area contributed by atoms with Crippen LogP contribution in [0.4, 0.5) is 0 Å². The van der Waals surface area contributed by atoms with Gasteiger partial charge in [0.25, 0.3) is 5.56 Å². The van der Waals surface area contributed by atoms with Gasteiger partial charge in [-0.05, 0) is 30.2 Å². The van der Waals surface area contributed by atoms with Crippen molar-refractivity contribution in [3.63, 3.8) is 0 Å². The van der Waals surface area contributed by atoms with Crippen LogP contribution in [0.5, 0.6) is 0 Å². The van der Waals surface area contributed by atoms with Gasteiger partial charge in [0.05, 0.1) is 5.69 Å². The number of nitrogens with zero attached hydrogens (tertiary/aromatic N) is 1. The number of hydrogen-bond donors (Lipinski definition) is 1. The molecule has 1 N–H and O–H groups in total. The molecule has 2 aromatic rings. The van der Waals surface area contributed by atoms with Gasteiger partial charge in [0.1, 0.15) is 0 Å². The second-order valence-electron chi connectivity index (χ2n) is 4.01. The van der Waals surface area contributed by atoms with Crippen LogP contribution in [0.3, 0.4) is 0 Å². The number of aromatic nitrogens is 2. The second-order valence-corrected chi connectivity index (χ2v) is 4.45. The lowest BCUT2D eigenvalue weighted by Gasteiger charge is -2.10. The molecule has 4 heteroatoms. The molecule has 84 valence electrons. The van der Waals surface area contributed by atoms with Gasteiger partial charge < -0.3 is 0 Å². The van der Waals surface area contributed by atoms with E-state index in [1.807, 2.05) is 12.1 Å². The van der Waals surface area contributed by atoms with E-state index >= 15 is 0 Å². The van der Waals surface area contributed by atoms with Crippen molar-refractivity contribution in [2.24, 2.45) is 0 Å². The van der Waals surface area contributed by atoms with Gasteiger partial charge in [-0.1, -0.05) is 25.4 Å². The smallest absolute Gasteiger partial charge is 0.264 e. The van der Waals surface area contributed by atoms with E-state index in [4.69, 9.17) is 11.6 Å². The fourth-order valence-corrected chi connectivity index (χ4v) is 1.76. The summed E-state index contributed by atoms with van der Waals surface area (Å²) >= 11 is 5.83. The van der Waals surface area contributed by atoms with E-state index in [0.29, 0.717) is 5.02 Å². The number of H-pyrrole nitrogens is 1. The number of benzene rings is 1. The third kappa shape index (κ3) is 2.04. The van der Waals surface area contributed by atoms with Crippen molar-refractivity contribution in [3.05, 3.63) is 51.4 Å². The van der Waals surface area contributed by atoms with E-state index in [1.54, 1.807) is 22.9 Å². The Morgan fingerprint density at radius 1 is 1.25 bits per heavy atom. The Morgan fingerprint density at radius 3 is 2.44 bits per heavy atom. The minimum atomic E-state index is -0.0846. The normalized spacial score (nSPS) is 11.0. The average molecular weight is 237 g/mol. The Labute approximate surface area is 98.7 Å². The topological polar surface area (TPSA) is 37.8 Å². The monoisotopic (exact) mass is 236 g/mol. The van der Waals surface area contributed by atoms with Crippen LogP contribution in [-0.4, -0.2) is 9.78 Å². The maximum Gasteiger partial charge on any atom is 0.264 e. The number of rotatable bonds is 2. The lowest BCUT2D eigenvalue weighted by Crippen LogP contribution is -2.05. The highest BCUT2D eigenvalue weighted by Gasteiger charge is 2.09. The zero-order chi connectivity index (χ0) is 11.7. The predicted molar refractivity (Wildman–Crippen MR) is 65.5 cm³/mol. The molecular weight excluding hydrogens is 224 g/mol. The predicted octanol–water partition coefficient (Wildman–Crippen LogP) is 2.94. The maximum atomic E-state index is 11.4.